The van der Waals surface area contributed by atoms with Crippen molar-refractivity contribution in [3.05, 3.63) is 12.8 Å². The van der Waals surface area contributed by atoms with Gasteiger partial charge in [0.15, 0.2) is 0 Å². The lowest BCUT2D eigenvalue weighted by molar-refractivity contribution is 0.0170. The maximum Gasteiger partial charge on any atom is 0.212 e. The van der Waals surface area contributed by atoms with Crippen molar-refractivity contribution in [3.8, 4) is 0 Å². The van der Waals surface area contributed by atoms with Crippen LogP contribution in [-0.4, -0.2) is 54.3 Å². The number of hydrazine groups is 1. The molecule has 1 unspecified atom stereocenters. The highest BCUT2D eigenvalue weighted by molar-refractivity contribution is 6.64. The summed E-state index contributed by atoms with van der Waals surface area (Å²) in [5.74, 6) is 0. The van der Waals surface area contributed by atoms with Crippen LogP contribution in [0.2, 0.25) is 0 Å². The third-order valence-electron chi connectivity index (χ3n) is 3.43. The summed E-state index contributed by atoms with van der Waals surface area (Å²) in [4.78, 5) is 4.37. The Bertz CT molecular complexity index is 319. The summed E-state index contributed by atoms with van der Waals surface area (Å²) in [6.45, 7) is 12.0. The molecule has 5 nitrogen and oxygen atoms in total. The molecule has 0 spiro atoms. The molecule has 6 heteroatoms. The van der Waals surface area contributed by atoms with Gasteiger partial charge in [0.1, 0.15) is 6.23 Å². The van der Waals surface area contributed by atoms with Crippen molar-refractivity contribution in [3.63, 3.8) is 0 Å². The molecular formula is C15H29ClN4O. The third kappa shape index (κ3) is 6.78. The molecule has 0 aliphatic carbocycles. The quantitative estimate of drug-likeness (QED) is 0.233. The van der Waals surface area contributed by atoms with Crippen LogP contribution in [0.5, 0.6) is 0 Å². The first-order valence-electron chi connectivity index (χ1n) is 7.94. The lowest BCUT2D eigenvalue weighted by Gasteiger charge is -2.31. The fourth-order valence-electron chi connectivity index (χ4n) is 2.35. The molecule has 0 amide bonds. The van der Waals surface area contributed by atoms with E-state index in [2.05, 4.69) is 35.7 Å². The van der Waals surface area contributed by atoms with E-state index in [1.165, 1.54) is 12.8 Å². The molecule has 0 aromatic heterocycles. The van der Waals surface area contributed by atoms with Gasteiger partial charge >= 0.3 is 0 Å². The highest BCUT2D eigenvalue weighted by Gasteiger charge is 2.14. The van der Waals surface area contributed by atoms with Crippen molar-refractivity contribution in [1.29, 1.82) is 0 Å². The van der Waals surface area contributed by atoms with Gasteiger partial charge in [-0.3, -0.25) is 15.3 Å². The molecule has 0 saturated carbocycles. The first-order valence-corrected chi connectivity index (χ1v) is 8.32. The van der Waals surface area contributed by atoms with Crippen LogP contribution in [-0.2, 0) is 4.74 Å². The van der Waals surface area contributed by atoms with Crippen LogP contribution in [0.15, 0.2) is 17.8 Å². The predicted octanol–water partition coefficient (Wildman–Crippen LogP) is 2.79. The molecule has 1 saturated heterocycles. The van der Waals surface area contributed by atoms with Gasteiger partial charge in [0.2, 0.25) is 5.29 Å². The maximum absolute atomic E-state index is 6.27. The Hall–Kier alpha value is -0.620. The van der Waals surface area contributed by atoms with Crippen molar-refractivity contribution < 1.29 is 4.74 Å². The van der Waals surface area contributed by atoms with Gasteiger partial charge in [-0.05, 0) is 43.8 Å². The number of amidine groups is 1. The minimum Gasteiger partial charge on any atom is -0.361 e. The van der Waals surface area contributed by atoms with Gasteiger partial charge in [-0.25, -0.2) is 5.01 Å². The maximum atomic E-state index is 6.27. The molecule has 1 aliphatic rings. The number of rotatable bonds is 9. The summed E-state index contributed by atoms with van der Waals surface area (Å²) in [5.41, 5.74) is 0. The van der Waals surface area contributed by atoms with E-state index in [0.717, 1.165) is 32.5 Å². The van der Waals surface area contributed by atoms with Crippen molar-refractivity contribution in [1.82, 2.24) is 15.3 Å². The fraction of sp³-hybridized carbons (Fsp3) is 0.800. The average molecular weight is 317 g/mol. The molecular weight excluding hydrogens is 288 g/mol. The van der Waals surface area contributed by atoms with E-state index < -0.39 is 0 Å². The normalized spacial score (nSPS) is 19.8. The van der Waals surface area contributed by atoms with Gasteiger partial charge in [-0.15, -0.1) is 0 Å². The smallest absolute Gasteiger partial charge is 0.212 e. The van der Waals surface area contributed by atoms with Crippen LogP contribution in [0.4, 0.5) is 0 Å². The highest BCUT2D eigenvalue weighted by atomic mass is 35.5. The highest BCUT2D eigenvalue weighted by Crippen LogP contribution is 2.08. The summed E-state index contributed by atoms with van der Waals surface area (Å²) in [7, 11) is 0. The van der Waals surface area contributed by atoms with Gasteiger partial charge in [-0.1, -0.05) is 20.4 Å². The number of halogens is 1. The van der Waals surface area contributed by atoms with E-state index >= 15 is 0 Å². The van der Waals surface area contributed by atoms with Crippen molar-refractivity contribution >= 4 is 16.9 Å². The largest absolute Gasteiger partial charge is 0.361 e. The molecule has 0 radical (unpaired) electrons. The Morgan fingerprint density at radius 3 is 2.86 bits per heavy atom. The van der Waals surface area contributed by atoms with Crippen molar-refractivity contribution in [2.75, 3.05) is 32.8 Å². The average Bonchev–Trinajstić information content (AvgIpc) is 2.52. The van der Waals surface area contributed by atoms with Crippen molar-refractivity contribution in [2.45, 2.75) is 45.8 Å². The van der Waals surface area contributed by atoms with Gasteiger partial charge in [0.25, 0.3) is 0 Å². The number of aliphatic imine (C=N–C) groups is 1. The summed E-state index contributed by atoms with van der Waals surface area (Å²) >= 11 is 6.27. The van der Waals surface area contributed by atoms with Gasteiger partial charge in [0, 0.05) is 19.3 Å². The first kappa shape index (κ1) is 18.4. The van der Waals surface area contributed by atoms with Crippen LogP contribution < -0.4 is 5.32 Å². The summed E-state index contributed by atoms with van der Waals surface area (Å²) < 4.78 is 5.75. The summed E-state index contributed by atoms with van der Waals surface area (Å²) in [6.07, 6.45) is 6.48. The second kappa shape index (κ2) is 11.0. The monoisotopic (exact) mass is 316 g/mol. The third-order valence-corrected chi connectivity index (χ3v) is 3.72. The van der Waals surface area contributed by atoms with Crippen LogP contribution in [0.3, 0.4) is 0 Å². The van der Waals surface area contributed by atoms with Crippen LogP contribution in [0, 0.1) is 0 Å². The van der Waals surface area contributed by atoms with E-state index in [0.29, 0.717) is 18.4 Å². The Balaban J connectivity index is 2.36. The van der Waals surface area contributed by atoms with E-state index in [1.807, 2.05) is 5.01 Å². The van der Waals surface area contributed by atoms with Crippen LogP contribution in [0.25, 0.3) is 0 Å². The number of hydrogen-bond acceptors (Lipinski definition) is 4. The predicted molar refractivity (Wildman–Crippen MR) is 89.3 cm³/mol. The second-order valence-electron chi connectivity index (χ2n) is 5.03. The summed E-state index contributed by atoms with van der Waals surface area (Å²) in [6, 6.07) is 0. The Labute approximate surface area is 134 Å². The van der Waals surface area contributed by atoms with Gasteiger partial charge in [0.05, 0.1) is 13.2 Å². The number of hydrogen-bond donors (Lipinski definition) is 1. The standard InChI is InChI=1S/C15H29ClN4O/c1-4-12-19(5-2)20(6-3)15(16)18-11-13-21-14-9-7-8-10-17-14/h6,14,17H,3-5,7-13H2,1-2H3. The molecule has 1 aliphatic heterocycles. The molecule has 1 atom stereocenters. The Kier molecular flexibility index (Phi) is 9.67. The van der Waals surface area contributed by atoms with E-state index in [9.17, 15) is 0 Å². The number of nitrogens with zero attached hydrogens (tertiary/aromatic N) is 3. The minimum absolute atomic E-state index is 0.176. The SMILES string of the molecule is C=CN(C(Cl)=NCCOC1CCCCN1)N(CC)CCC. The topological polar surface area (TPSA) is 40.1 Å². The molecule has 0 aromatic carbocycles. The van der Waals surface area contributed by atoms with E-state index in [4.69, 9.17) is 16.3 Å². The van der Waals surface area contributed by atoms with Crippen LogP contribution in [0.1, 0.15) is 39.5 Å². The molecule has 0 bridgehead atoms. The molecule has 1 N–H and O–H groups in total. The molecule has 1 heterocycles. The number of nitrogens with one attached hydrogen (secondary N) is 1. The van der Waals surface area contributed by atoms with E-state index in [-0.39, 0.29) is 6.23 Å². The minimum atomic E-state index is 0.176. The van der Waals surface area contributed by atoms with Gasteiger partial charge < -0.3 is 4.74 Å². The zero-order chi connectivity index (χ0) is 15.5. The molecule has 21 heavy (non-hydrogen) atoms. The lowest BCUT2D eigenvalue weighted by atomic mass is 10.1. The molecule has 0 aromatic rings. The number of ether oxygens (including phenoxy) is 1. The molecule has 1 rings (SSSR count). The van der Waals surface area contributed by atoms with Crippen molar-refractivity contribution in [2.24, 2.45) is 4.99 Å². The lowest BCUT2D eigenvalue weighted by Crippen LogP contribution is -2.41. The first-order chi connectivity index (χ1) is 10.2. The second-order valence-corrected chi connectivity index (χ2v) is 5.37. The Morgan fingerprint density at radius 2 is 2.29 bits per heavy atom. The summed E-state index contributed by atoms with van der Waals surface area (Å²) in [5, 5.41) is 7.71. The number of piperidine rings is 1. The molecule has 122 valence electrons. The van der Waals surface area contributed by atoms with Gasteiger partial charge in [-0.2, -0.15) is 0 Å². The zero-order valence-corrected chi connectivity index (χ0v) is 14.1. The Morgan fingerprint density at radius 1 is 1.48 bits per heavy atom. The van der Waals surface area contributed by atoms with Crippen LogP contribution >= 0.6 is 11.6 Å². The van der Waals surface area contributed by atoms with E-state index in [1.54, 1.807) is 6.20 Å². The molecule has 1 fully saturated rings. The zero-order valence-electron chi connectivity index (χ0n) is 13.4. The fourth-order valence-corrected chi connectivity index (χ4v) is 2.61.